The molecule has 1 aromatic heterocycles. The fraction of sp³-hybridized carbons (Fsp3) is 0.438. The second-order valence-corrected chi connectivity index (χ2v) is 4.94. The predicted molar refractivity (Wildman–Crippen MR) is 83.7 cm³/mol. The third-order valence-electron chi connectivity index (χ3n) is 3.43. The molecule has 0 aliphatic rings. The molecule has 0 spiro atoms. The number of hydrogen-bond acceptors (Lipinski definition) is 4. The van der Waals surface area contributed by atoms with Crippen molar-refractivity contribution in [3.05, 3.63) is 41.1 Å². The molecule has 21 heavy (non-hydrogen) atoms. The molecule has 2 rings (SSSR count). The molecule has 0 unspecified atom stereocenters. The number of nitrogens with one attached hydrogen (secondary N) is 1. The average Bonchev–Trinajstić information content (AvgIpc) is 2.74. The molecule has 0 fully saturated rings. The van der Waals surface area contributed by atoms with Gasteiger partial charge in [-0.25, -0.2) is 4.68 Å². The zero-order valence-corrected chi connectivity index (χ0v) is 12.9. The van der Waals surface area contributed by atoms with Gasteiger partial charge in [-0.15, -0.1) is 0 Å². The SMILES string of the molecule is CCOc1ccc(CNc2c(C)c(C)nn2CCO)cc1. The van der Waals surface area contributed by atoms with Gasteiger partial charge < -0.3 is 15.2 Å². The topological polar surface area (TPSA) is 59.3 Å². The van der Waals surface area contributed by atoms with Crippen molar-refractivity contribution in [2.45, 2.75) is 33.9 Å². The summed E-state index contributed by atoms with van der Waals surface area (Å²) in [6, 6.07) is 8.05. The van der Waals surface area contributed by atoms with Crippen molar-refractivity contribution in [2.24, 2.45) is 0 Å². The number of ether oxygens (including phenoxy) is 1. The summed E-state index contributed by atoms with van der Waals surface area (Å²) in [4.78, 5) is 0. The van der Waals surface area contributed by atoms with Crippen LogP contribution in [0.4, 0.5) is 5.82 Å². The Bertz CT molecular complexity index is 576. The fourth-order valence-corrected chi connectivity index (χ4v) is 2.21. The van der Waals surface area contributed by atoms with E-state index in [1.165, 1.54) is 5.56 Å². The number of benzene rings is 1. The van der Waals surface area contributed by atoms with Crippen LogP contribution in [0.1, 0.15) is 23.7 Å². The lowest BCUT2D eigenvalue weighted by molar-refractivity contribution is 0.270. The first-order valence-corrected chi connectivity index (χ1v) is 7.26. The zero-order valence-electron chi connectivity index (χ0n) is 12.9. The van der Waals surface area contributed by atoms with Crippen molar-refractivity contribution < 1.29 is 9.84 Å². The number of aliphatic hydroxyl groups is 1. The summed E-state index contributed by atoms with van der Waals surface area (Å²) >= 11 is 0. The molecule has 0 radical (unpaired) electrons. The molecule has 2 aromatic rings. The van der Waals surface area contributed by atoms with Gasteiger partial charge in [0, 0.05) is 12.1 Å². The third kappa shape index (κ3) is 3.76. The Morgan fingerprint density at radius 1 is 1.24 bits per heavy atom. The van der Waals surface area contributed by atoms with Crippen molar-refractivity contribution in [1.82, 2.24) is 9.78 Å². The van der Waals surface area contributed by atoms with Crippen molar-refractivity contribution >= 4 is 5.82 Å². The summed E-state index contributed by atoms with van der Waals surface area (Å²) in [5.74, 6) is 1.86. The van der Waals surface area contributed by atoms with E-state index in [9.17, 15) is 0 Å². The number of aryl methyl sites for hydroxylation is 1. The number of rotatable bonds is 7. The van der Waals surface area contributed by atoms with E-state index in [4.69, 9.17) is 9.84 Å². The molecule has 1 aromatic carbocycles. The summed E-state index contributed by atoms with van der Waals surface area (Å²) in [6.45, 7) is 7.96. The Morgan fingerprint density at radius 2 is 1.95 bits per heavy atom. The zero-order chi connectivity index (χ0) is 15.2. The van der Waals surface area contributed by atoms with Gasteiger partial charge in [0.2, 0.25) is 0 Å². The Kier molecular flexibility index (Phi) is 5.22. The van der Waals surface area contributed by atoms with Gasteiger partial charge in [0.05, 0.1) is 25.5 Å². The maximum atomic E-state index is 9.11. The second-order valence-electron chi connectivity index (χ2n) is 4.94. The van der Waals surface area contributed by atoms with E-state index >= 15 is 0 Å². The first-order valence-electron chi connectivity index (χ1n) is 7.26. The minimum Gasteiger partial charge on any atom is -0.494 e. The molecule has 0 aliphatic heterocycles. The lowest BCUT2D eigenvalue weighted by Crippen LogP contribution is -2.10. The average molecular weight is 289 g/mol. The van der Waals surface area contributed by atoms with Crippen molar-refractivity contribution in [1.29, 1.82) is 0 Å². The lowest BCUT2D eigenvalue weighted by atomic mass is 10.2. The quantitative estimate of drug-likeness (QED) is 0.822. The van der Waals surface area contributed by atoms with Gasteiger partial charge in [-0.3, -0.25) is 0 Å². The number of aromatic nitrogens is 2. The van der Waals surface area contributed by atoms with E-state index in [1.54, 1.807) is 0 Å². The summed E-state index contributed by atoms with van der Waals surface area (Å²) in [5.41, 5.74) is 3.28. The first kappa shape index (κ1) is 15.4. The van der Waals surface area contributed by atoms with Crippen LogP contribution in [-0.4, -0.2) is 28.1 Å². The van der Waals surface area contributed by atoms with Crippen LogP contribution in [0.15, 0.2) is 24.3 Å². The van der Waals surface area contributed by atoms with Crippen LogP contribution in [0, 0.1) is 13.8 Å². The molecule has 114 valence electrons. The van der Waals surface area contributed by atoms with Crippen molar-refractivity contribution in [3.8, 4) is 5.75 Å². The molecule has 0 aliphatic carbocycles. The summed E-state index contributed by atoms with van der Waals surface area (Å²) in [5, 5.41) is 16.9. The second kappa shape index (κ2) is 7.13. The van der Waals surface area contributed by atoms with Crippen LogP contribution in [0.3, 0.4) is 0 Å². The molecule has 5 nitrogen and oxygen atoms in total. The molecule has 2 N–H and O–H groups in total. The Labute approximate surface area is 125 Å². The maximum Gasteiger partial charge on any atom is 0.127 e. The van der Waals surface area contributed by atoms with Crippen LogP contribution in [0.2, 0.25) is 0 Å². The van der Waals surface area contributed by atoms with E-state index in [0.29, 0.717) is 19.7 Å². The highest BCUT2D eigenvalue weighted by atomic mass is 16.5. The van der Waals surface area contributed by atoms with Gasteiger partial charge in [-0.05, 0) is 38.5 Å². The summed E-state index contributed by atoms with van der Waals surface area (Å²) in [6.07, 6.45) is 0. The molecule has 0 atom stereocenters. The summed E-state index contributed by atoms with van der Waals surface area (Å²) in [7, 11) is 0. The molecule has 1 heterocycles. The van der Waals surface area contributed by atoms with E-state index < -0.39 is 0 Å². The third-order valence-corrected chi connectivity index (χ3v) is 3.43. The van der Waals surface area contributed by atoms with E-state index in [-0.39, 0.29) is 6.61 Å². The molecule has 5 heteroatoms. The van der Waals surface area contributed by atoms with Gasteiger partial charge in [-0.1, -0.05) is 12.1 Å². The molecule has 0 bridgehead atoms. The van der Waals surface area contributed by atoms with Crippen LogP contribution in [0.5, 0.6) is 5.75 Å². The summed E-state index contributed by atoms with van der Waals surface area (Å²) < 4.78 is 7.25. The lowest BCUT2D eigenvalue weighted by Gasteiger charge is -2.11. The first-order chi connectivity index (χ1) is 10.2. The van der Waals surface area contributed by atoms with Crippen LogP contribution in [-0.2, 0) is 13.1 Å². The predicted octanol–water partition coefficient (Wildman–Crippen LogP) is 2.50. The standard InChI is InChI=1S/C16H23N3O2/c1-4-21-15-7-5-14(6-8-15)11-17-16-12(2)13(3)18-19(16)9-10-20/h5-8,17,20H,4,9-11H2,1-3H3. The van der Waals surface area contributed by atoms with Crippen molar-refractivity contribution in [2.75, 3.05) is 18.5 Å². The van der Waals surface area contributed by atoms with Gasteiger partial charge in [-0.2, -0.15) is 5.10 Å². The van der Waals surface area contributed by atoms with E-state index in [2.05, 4.69) is 10.4 Å². The highest BCUT2D eigenvalue weighted by molar-refractivity contribution is 5.47. The monoisotopic (exact) mass is 289 g/mol. The Hall–Kier alpha value is -2.01. The van der Waals surface area contributed by atoms with Gasteiger partial charge >= 0.3 is 0 Å². The molecule has 0 saturated heterocycles. The number of aliphatic hydroxyl groups excluding tert-OH is 1. The largest absolute Gasteiger partial charge is 0.494 e. The van der Waals surface area contributed by atoms with Crippen LogP contribution in [0.25, 0.3) is 0 Å². The van der Waals surface area contributed by atoms with Gasteiger partial charge in [0.1, 0.15) is 11.6 Å². The number of hydrogen-bond donors (Lipinski definition) is 2. The highest BCUT2D eigenvalue weighted by Crippen LogP contribution is 2.20. The van der Waals surface area contributed by atoms with Crippen LogP contribution < -0.4 is 10.1 Å². The molecular formula is C16H23N3O2. The van der Waals surface area contributed by atoms with E-state index in [0.717, 1.165) is 22.8 Å². The molecule has 0 amide bonds. The normalized spacial score (nSPS) is 10.7. The smallest absolute Gasteiger partial charge is 0.127 e. The minimum atomic E-state index is 0.0816. The number of anilines is 1. The van der Waals surface area contributed by atoms with Gasteiger partial charge in [0.25, 0.3) is 0 Å². The van der Waals surface area contributed by atoms with Crippen LogP contribution >= 0.6 is 0 Å². The highest BCUT2D eigenvalue weighted by Gasteiger charge is 2.10. The molecule has 0 saturated carbocycles. The fourth-order valence-electron chi connectivity index (χ4n) is 2.21. The minimum absolute atomic E-state index is 0.0816. The number of nitrogens with zero attached hydrogens (tertiary/aromatic N) is 2. The maximum absolute atomic E-state index is 9.11. The van der Waals surface area contributed by atoms with E-state index in [1.807, 2.05) is 49.7 Å². The van der Waals surface area contributed by atoms with Gasteiger partial charge in [0.15, 0.2) is 0 Å². The van der Waals surface area contributed by atoms with Crippen molar-refractivity contribution in [3.63, 3.8) is 0 Å². The Balaban J connectivity index is 2.05. The Morgan fingerprint density at radius 3 is 2.57 bits per heavy atom. The molecular weight excluding hydrogens is 266 g/mol.